The van der Waals surface area contributed by atoms with Crippen molar-refractivity contribution in [2.75, 3.05) is 33.6 Å². The number of rotatable bonds is 7. The van der Waals surface area contributed by atoms with Gasteiger partial charge in [-0.05, 0) is 29.8 Å². The molecule has 0 radical (unpaired) electrons. The molecule has 1 atom stereocenters. The Bertz CT molecular complexity index is 744. The molecule has 2 aromatic rings. The minimum absolute atomic E-state index is 0.0834. The van der Waals surface area contributed by atoms with Crippen molar-refractivity contribution in [1.29, 1.82) is 0 Å². The van der Waals surface area contributed by atoms with E-state index in [0.29, 0.717) is 36.0 Å². The molecule has 7 heteroatoms. The van der Waals surface area contributed by atoms with Gasteiger partial charge in [0, 0.05) is 24.9 Å². The van der Waals surface area contributed by atoms with Gasteiger partial charge in [0.25, 0.3) is 0 Å². The predicted molar refractivity (Wildman–Crippen MR) is 101 cm³/mol. The standard InChI is InChI=1S/C19H22N2O4S/c1-23-15-10-13(11-16(24-2)18(15)25-3)19-21(17(22)12-26-19)9-7-14-6-4-5-8-20-14/h4-6,8,10-11,19H,7,9,12H2,1-3H3. The molecule has 1 aliphatic rings. The number of nitrogens with zero attached hydrogens (tertiary/aromatic N) is 2. The summed E-state index contributed by atoms with van der Waals surface area (Å²) < 4.78 is 16.3. The molecular weight excluding hydrogens is 352 g/mol. The Morgan fingerprint density at radius 1 is 1.15 bits per heavy atom. The lowest BCUT2D eigenvalue weighted by atomic mass is 10.1. The summed E-state index contributed by atoms with van der Waals surface area (Å²) in [5.41, 5.74) is 1.93. The van der Waals surface area contributed by atoms with Crippen molar-refractivity contribution >= 4 is 17.7 Å². The summed E-state index contributed by atoms with van der Waals surface area (Å²) in [4.78, 5) is 18.6. The van der Waals surface area contributed by atoms with Crippen LogP contribution in [0.3, 0.4) is 0 Å². The van der Waals surface area contributed by atoms with Crippen molar-refractivity contribution in [2.45, 2.75) is 11.8 Å². The maximum absolute atomic E-state index is 12.4. The number of ether oxygens (including phenoxy) is 3. The molecule has 6 nitrogen and oxygen atoms in total. The first-order chi connectivity index (χ1) is 12.7. The van der Waals surface area contributed by atoms with E-state index < -0.39 is 0 Å². The van der Waals surface area contributed by atoms with Crippen LogP contribution in [0.4, 0.5) is 0 Å². The van der Waals surface area contributed by atoms with Crippen LogP contribution < -0.4 is 14.2 Å². The smallest absolute Gasteiger partial charge is 0.233 e. The van der Waals surface area contributed by atoms with Crippen LogP contribution in [0.15, 0.2) is 36.5 Å². The van der Waals surface area contributed by atoms with E-state index in [2.05, 4.69) is 4.98 Å². The molecule has 0 spiro atoms. The molecule has 1 aromatic heterocycles. The first kappa shape index (κ1) is 18.4. The monoisotopic (exact) mass is 374 g/mol. The van der Waals surface area contributed by atoms with Gasteiger partial charge in [-0.1, -0.05) is 6.07 Å². The van der Waals surface area contributed by atoms with Crippen molar-refractivity contribution in [1.82, 2.24) is 9.88 Å². The summed E-state index contributed by atoms with van der Waals surface area (Å²) >= 11 is 1.60. The quantitative estimate of drug-likeness (QED) is 0.743. The number of carbonyl (C=O) groups excluding carboxylic acids is 1. The zero-order chi connectivity index (χ0) is 18.5. The predicted octanol–water partition coefficient (Wildman–Crippen LogP) is 2.92. The van der Waals surface area contributed by atoms with Gasteiger partial charge >= 0.3 is 0 Å². The lowest BCUT2D eigenvalue weighted by Crippen LogP contribution is -2.30. The number of thioether (sulfide) groups is 1. The fourth-order valence-electron chi connectivity index (χ4n) is 3.00. The average molecular weight is 374 g/mol. The second-order valence-corrected chi connectivity index (χ2v) is 6.85. The molecule has 3 rings (SSSR count). The van der Waals surface area contributed by atoms with Crippen molar-refractivity contribution in [3.8, 4) is 17.2 Å². The number of hydrogen-bond donors (Lipinski definition) is 0. The van der Waals surface area contributed by atoms with Crippen LogP contribution in [0.2, 0.25) is 0 Å². The van der Waals surface area contributed by atoms with Crippen molar-refractivity contribution < 1.29 is 19.0 Å². The van der Waals surface area contributed by atoms with E-state index >= 15 is 0 Å². The van der Waals surface area contributed by atoms with Crippen molar-refractivity contribution in [3.05, 3.63) is 47.8 Å². The Morgan fingerprint density at radius 2 is 1.88 bits per heavy atom. The molecule has 26 heavy (non-hydrogen) atoms. The lowest BCUT2D eigenvalue weighted by Gasteiger charge is -2.25. The van der Waals surface area contributed by atoms with Crippen LogP contribution in [0.1, 0.15) is 16.6 Å². The number of benzene rings is 1. The fourth-order valence-corrected chi connectivity index (χ4v) is 4.19. The number of methoxy groups -OCH3 is 3. The molecule has 1 aliphatic heterocycles. The maximum Gasteiger partial charge on any atom is 0.233 e. The zero-order valence-electron chi connectivity index (χ0n) is 15.1. The highest BCUT2D eigenvalue weighted by molar-refractivity contribution is 8.00. The number of amides is 1. The first-order valence-electron chi connectivity index (χ1n) is 8.28. The second kappa shape index (κ2) is 8.31. The number of aromatic nitrogens is 1. The Hall–Kier alpha value is -2.41. The minimum atomic E-state index is -0.0834. The zero-order valence-corrected chi connectivity index (χ0v) is 15.9. The van der Waals surface area contributed by atoms with Crippen LogP contribution in [0, 0.1) is 0 Å². The molecule has 1 amide bonds. The van der Waals surface area contributed by atoms with Gasteiger partial charge in [0.2, 0.25) is 11.7 Å². The molecule has 2 heterocycles. The normalized spacial score (nSPS) is 16.7. The summed E-state index contributed by atoms with van der Waals surface area (Å²) in [7, 11) is 4.76. The SMILES string of the molecule is COc1cc(C2SCC(=O)N2CCc2ccccn2)cc(OC)c1OC. The van der Waals surface area contributed by atoms with Gasteiger partial charge in [-0.3, -0.25) is 9.78 Å². The molecule has 138 valence electrons. The highest BCUT2D eigenvalue weighted by Crippen LogP contribution is 2.45. The third kappa shape index (κ3) is 3.72. The van der Waals surface area contributed by atoms with Crippen LogP contribution >= 0.6 is 11.8 Å². The van der Waals surface area contributed by atoms with E-state index in [-0.39, 0.29) is 11.3 Å². The van der Waals surface area contributed by atoms with Gasteiger partial charge in [0.05, 0.1) is 27.1 Å². The van der Waals surface area contributed by atoms with E-state index in [1.165, 1.54) is 0 Å². The Kier molecular flexibility index (Phi) is 5.88. The van der Waals surface area contributed by atoms with Gasteiger partial charge in [-0.25, -0.2) is 0 Å². The summed E-state index contributed by atoms with van der Waals surface area (Å²) in [5.74, 6) is 2.32. The molecular formula is C19H22N2O4S. The van der Waals surface area contributed by atoms with Crippen LogP contribution in [-0.2, 0) is 11.2 Å². The molecule has 0 saturated carbocycles. The molecule has 0 N–H and O–H groups in total. The largest absolute Gasteiger partial charge is 0.493 e. The first-order valence-corrected chi connectivity index (χ1v) is 9.33. The van der Waals surface area contributed by atoms with E-state index in [1.807, 2.05) is 35.2 Å². The Balaban J connectivity index is 1.85. The summed E-state index contributed by atoms with van der Waals surface area (Å²) in [6.07, 6.45) is 2.49. The Labute approximate surface area is 157 Å². The molecule has 0 aliphatic carbocycles. The van der Waals surface area contributed by atoms with Gasteiger partial charge in [-0.2, -0.15) is 0 Å². The molecule has 1 aromatic carbocycles. The van der Waals surface area contributed by atoms with Gasteiger partial charge < -0.3 is 19.1 Å². The average Bonchev–Trinajstić information content (AvgIpc) is 3.06. The van der Waals surface area contributed by atoms with E-state index in [9.17, 15) is 4.79 Å². The van der Waals surface area contributed by atoms with Gasteiger partial charge in [0.15, 0.2) is 11.5 Å². The summed E-state index contributed by atoms with van der Waals surface area (Å²) in [5, 5.41) is -0.0834. The summed E-state index contributed by atoms with van der Waals surface area (Å²) in [6, 6.07) is 9.64. The minimum Gasteiger partial charge on any atom is -0.493 e. The Morgan fingerprint density at radius 3 is 2.46 bits per heavy atom. The van der Waals surface area contributed by atoms with E-state index in [1.54, 1.807) is 39.3 Å². The topological polar surface area (TPSA) is 60.9 Å². The number of hydrogen-bond acceptors (Lipinski definition) is 6. The molecule has 1 saturated heterocycles. The van der Waals surface area contributed by atoms with E-state index in [0.717, 1.165) is 11.3 Å². The fraction of sp³-hybridized carbons (Fsp3) is 0.368. The van der Waals surface area contributed by atoms with E-state index in [4.69, 9.17) is 14.2 Å². The third-order valence-corrected chi connectivity index (χ3v) is 5.53. The van der Waals surface area contributed by atoms with Crippen molar-refractivity contribution in [3.63, 3.8) is 0 Å². The second-order valence-electron chi connectivity index (χ2n) is 5.78. The lowest BCUT2D eigenvalue weighted by molar-refractivity contribution is -0.128. The highest BCUT2D eigenvalue weighted by atomic mass is 32.2. The van der Waals surface area contributed by atoms with Crippen LogP contribution in [0.25, 0.3) is 0 Å². The number of pyridine rings is 1. The van der Waals surface area contributed by atoms with Gasteiger partial charge in [-0.15, -0.1) is 11.8 Å². The number of carbonyl (C=O) groups is 1. The molecule has 0 bridgehead atoms. The van der Waals surface area contributed by atoms with Crippen LogP contribution in [-0.4, -0.2) is 49.4 Å². The van der Waals surface area contributed by atoms with Crippen molar-refractivity contribution in [2.24, 2.45) is 0 Å². The third-order valence-electron chi connectivity index (χ3n) is 4.28. The molecule has 1 unspecified atom stereocenters. The maximum atomic E-state index is 12.4. The van der Waals surface area contributed by atoms with Crippen LogP contribution in [0.5, 0.6) is 17.2 Å². The van der Waals surface area contributed by atoms with Gasteiger partial charge in [0.1, 0.15) is 5.37 Å². The highest BCUT2D eigenvalue weighted by Gasteiger charge is 2.33. The summed E-state index contributed by atoms with van der Waals surface area (Å²) in [6.45, 7) is 0.615. The molecule has 1 fully saturated rings.